The molecule has 128 valence electrons. The van der Waals surface area contributed by atoms with Crippen LogP contribution in [0, 0.1) is 0 Å². The van der Waals surface area contributed by atoms with Crippen molar-refractivity contribution in [1.29, 1.82) is 0 Å². The molecule has 0 aromatic carbocycles. The molecule has 0 radical (unpaired) electrons. The van der Waals surface area contributed by atoms with Crippen LogP contribution in [-0.2, 0) is 6.61 Å². The van der Waals surface area contributed by atoms with Crippen molar-refractivity contribution < 1.29 is 15.0 Å². The number of likely N-dealkylation sites (tertiary alicyclic amines) is 1. The van der Waals surface area contributed by atoms with Crippen molar-refractivity contribution in [3.05, 3.63) is 23.9 Å². The predicted molar refractivity (Wildman–Crippen MR) is 87.6 cm³/mol. The number of carbonyl (C=O) groups is 1. The molecule has 1 aliphatic rings. The summed E-state index contributed by atoms with van der Waals surface area (Å²) in [6.45, 7) is 10.0. The minimum atomic E-state index is -1.12. The minimum absolute atomic E-state index is 0.0676. The number of hydrogen-bond acceptors (Lipinski definition) is 4. The third kappa shape index (κ3) is 3.05. The maximum atomic E-state index is 11.4. The third-order valence-corrected chi connectivity index (χ3v) is 5.11. The Balaban J connectivity index is 2.46. The van der Waals surface area contributed by atoms with Crippen LogP contribution in [0.25, 0.3) is 0 Å². The fourth-order valence-corrected chi connectivity index (χ4v) is 3.76. The highest BCUT2D eigenvalue weighted by atomic mass is 16.4. The van der Waals surface area contributed by atoms with Crippen molar-refractivity contribution >= 4 is 11.9 Å². The van der Waals surface area contributed by atoms with Crippen molar-refractivity contribution in [3.63, 3.8) is 0 Å². The number of aliphatic hydroxyl groups excluding tert-OH is 1. The van der Waals surface area contributed by atoms with Gasteiger partial charge >= 0.3 is 0 Å². The van der Waals surface area contributed by atoms with Gasteiger partial charge in [-0.25, -0.2) is 4.98 Å². The van der Waals surface area contributed by atoms with Gasteiger partial charge in [-0.1, -0.05) is 0 Å². The first-order chi connectivity index (χ1) is 10.8. The maximum Gasteiger partial charge on any atom is 0.233 e. The second-order valence-electron chi connectivity index (χ2n) is 7.18. The second-order valence-corrected chi connectivity index (χ2v) is 7.18. The Morgan fingerprint density at radius 1 is 1.52 bits per heavy atom. The highest BCUT2D eigenvalue weighted by molar-refractivity contribution is 5.63. The summed E-state index contributed by atoms with van der Waals surface area (Å²) in [6.07, 6.45) is 1.39. The molecule has 1 fully saturated rings. The van der Waals surface area contributed by atoms with Gasteiger partial charge in [-0.05, 0) is 39.8 Å². The quantitative estimate of drug-likeness (QED) is 0.843. The molecule has 1 unspecified atom stereocenters. The summed E-state index contributed by atoms with van der Waals surface area (Å²) in [6, 6.07) is 3.62. The summed E-state index contributed by atoms with van der Waals surface area (Å²) in [5.74, 6) is 0.847. The van der Waals surface area contributed by atoms with Gasteiger partial charge in [0, 0.05) is 19.2 Å². The third-order valence-electron chi connectivity index (χ3n) is 5.11. The number of hydrogen-bond donors (Lipinski definition) is 1. The van der Waals surface area contributed by atoms with Gasteiger partial charge in [0.2, 0.25) is 5.82 Å². The average Bonchev–Trinajstić information content (AvgIpc) is 2.93. The van der Waals surface area contributed by atoms with Crippen LogP contribution >= 0.6 is 0 Å². The molecule has 6 nitrogen and oxygen atoms in total. The van der Waals surface area contributed by atoms with E-state index < -0.39 is 6.09 Å². The van der Waals surface area contributed by atoms with Crippen LogP contribution in [-0.4, -0.2) is 52.3 Å². The molecule has 0 bridgehead atoms. The number of aliphatic hydroxyl groups is 1. The topological polar surface area (TPSA) is 76.5 Å². The fourth-order valence-electron chi connectivity index (χ4n) is 3.76. The minimum Gasteiger partial charge on any atom is -0.530 e. The lowest BCUT2D eigenvalue weighted by atomic mass is 10.0. The summed E-state index contributed by atoms with van der Waals surface area (Å²) < 4.78 is 0.568. The Morgan fingerprint density at radius 3 is 2.74 bits per heavy atom. The summed E-state index contributed by atoms with van der Waals surface area (Å²) in [7, 11) is 0. The standard InChI is InChI=1S/C17H27N3O3/c1-5-19(16(22)23)14-8-10-20(11-14,17(2,3)4)15-13(12-21)7-6-9-18-15/h6-7,9,14,21H,5,8,10-12H2,1-4H3/t14-,20?/m1/s1. The van der Waals surface area contributed by atoms with E-state index in [1.807, 2.05) is 19.1 Å². The zero-order valence-electron chi connectivity index (χ0n) is 14.5. The molecule has 6 heteroatoms. The van der Waals surface area contributed by atoms with Crippen molar-refractivity contribution in [3.8, 4) is 0 Å². The molecular weight excluding hydrogens is 294 g/mol. The number of amides is 1. The number of aromatic nitrogens is 1. The molecule has 2 rings (SSSR count). The molecular formula is C17H27N3O3. The summed E-state index contributed by atoms with van der Waals surface area (Å²) >= 11 is 0. The largest absolute Gasteiger partial charge is 0.530 e. The van der Waals surface area contributed by atoms with E-state index >= 15 is 0 Å². The molecule has 1 aromatic rings. The lowest BCUT2D eigenvalue weighted by Gasteiger charge is -2.45. The molecule has 2 heterocycles. The Hall–Kier alpha value is -1.66. The van der Waals surface area contributed by atoms with Gasteiger partial charge in [0.15, 0.2) is 0 Å². The molecule has 2 atom stereocenters. The van der Waals surface area contributed by atoms with E-state index in [0.29, 0.717) is 17.6 Å². The number of pyridine rings is 1. The fraction of sp³-hybridized carbons (Fsp3) is 0.647. The highest BCUT2D eigenvalue weighted by Crippen LogP contribution is 2.39. The molecule has 1 aromatic heterocycles. The van der Waals surface area contributed by atoms with Crippen LogP contribution in [0.1, 0.15) is 39.7 Å². The van der Waals surface area contributed by atoms with Crippen LogP contribution < -0.4 is 9.59 Å². The monoisotopic (exact) mass is 321 g/mol. The molecule has 0 aliphatic carbocycles. The highest BCUT2D eigenvalue weighted by Gasteiger charge is 2.51. The SMILES string of the molecule is CCN(C(=O)[O-])[C@@H]1CC[N+](c2ncccc2CO)(C(C)(C)C)C1. The van der Waals surface area contributed by atoms with Crippen LogP contribution in [0.15, 0.2) is 18.3 Å². The molecule has 1 aliphatic heterocycles. The Morgan fingerprint density at radius 2 is 2.22 bits per heavy atom. The summed E-state index contributed by atoms with van der Waals surface area (Å²) in [5.41, 5.74) is 0.651. The van der Waals surface area contributed by atoms with Crippen LogP contribution in [0.2, 0.25) is 0 Å². The first-order valence-corrected chi connectivity index (χ1v) is 8.17. The molecule has 1 N–H and O–H groups in total. The van der Waals surface area contributed by atoms with Crippen LogP contribution in [0.4, 0.5) is 10.6 Å². The molecule has 0 spiro atoms. The van der Waals surface area contributed by atoms with Gasteiger partial charge in [0.25, 0.3) is 0 Å². The second kappa shape index (κ2) is 6.45. The van der Waals surface area contributed by atoms with Crippen molar-refractivity contribution in [2.75, 3.05) is 19.6 Å². The van der Waals surface area contributed by atoms with E-state index in [1.165, 1.54) is 4.90 Å². The Labute approximate surface area is 138 Å². The van der Waals surface area contributed by atoms with Gasteiger partial charge < -0.3 is 19.9 Å². The zero-order chi connectivity index (χ0) is 17.3. The van der Waals surface area contributed by atoms with E-state index in [0.717, 1.165) is 24.3 Å². The summed E-state index contributed by atoms with van der Waals surface area (Å²) in [5, 5.41) is 21.1. The summed E-state index contributed by atoms with van der Waals surface area (Å²) in [4.78, 5) is 17.4. The van der Waals surface area contributed by atoms with E-state index in [9.17, 15) is 15.0 Å². The average molecular weight is 321 g/mol. The predicted octanol–water partition coefficient (Wildman–Crippen LogP) is 1.12. The van der Waals surface area contributed by atoms with Crippen LogP contribution in [0.3, 0.4) is 0 Å². The smallest absolute Gasteiger partial charge is 0.233 e. The first-order valence-electron chi connectivity index (χ1n) is 8.17. The van der Waals surface area contributed by atoms with Crippen molar-refractivity contribution in [2.24, 2.45) is 0 Å². The van der Waals surface area contributed by atoms with Gasteiger partial charge in [-0.15, -0.1) is 0 Å². The first kappa shape index (κ1) is 17.7. The van der Waals surface area contributed by atoms with Gasteiger partial charge in [0.05, 0.1) is 30.3 Å². The van der Waals surface area contributed by atoms with Crippen molar-refractivity contribution in [2.45, 2.75) is 52.3 Å². The Bertz CT molecular complexity index is 570. The van der Waals surface area contributed by atoms with E-state index in [4.69, 9.17) is 0 Å². The lowest BCUT2D eigenvalue weighted by Crippen LogP contribution is -2.62. The molecule has 23 heavy (non-hydrogen) atoms. The number of rotatable bonds is 4. The molecule has 1 saturated heterocycles. The zero-order valence-corrected chi connectivity index (χ0v) is 14.5. The number of quaternary nitrogens is 1. The Kier molecular flexibility index (Phi) is 4.96. The lowest BCUT2D eigenvalue weighted by molar-refractivity contribution is -0.267. The number of carboxylic acid groups (broad SMARTS) is 1. The number of nitrogens with zero attached hydrogens (tertiary/aromatic N) is 3. The van der Waals surface area contributed by atoms with Gasteiger partial charge in [-0.3, -0.25) is 4.48 Å². The normalized spacial score (nSPS) is 24.7. The van der Waals surface area contributed by atoms with Gasteiger partial charge in [-0.2, -0.15) is 0 Å². The van der Waals surface area contributed by atoms with E-state index in [-0.39, 0.29) is 18.2 Å². The number of carbonyl (C=O) groups excluding carboxylic acids is 1. The van der Waals surface area contributed by atoms with E-state index in [1.54, 1.807) is 6.20 Å². The van der Waals surface area contributed by atoms with Crippen LogP contribution in [0.5, 0.6) is 0 Å². The number of likely N-dealkylation sites (N-methyl/N-ethyl adjacent to an activating group) is 1. The molecule has 1 amide bonds. The van der Waals surface area contributed by atoms with Crippen molar-refractivity contribution in [1.82, 2.24) is 14.4 Å². The molecule has 0 saturated carbocycles. The van der Waals surface area contributed by atoms with Gasteiger partial charge in [0.1, 0.15) is 12.6 Å². The maximum absolute atomic E-state index is 11.4. The van der Waals surface area contributed by atoms with E-state index in [2.05, 4.69) is 25.8 Å².